The van der Waals surface area contributed by atoms with Crippen LogP contribution in [0.2, 0.25) is 0 Å². The van der Waals surface area contributed by atoms with Gasteiger partial charge in [0, 0.05) is 18.4 Å². The van der Waals surface area contributed by atoms with E-state index in [1.165, 1.54) is 6.92 Å². The fourth-order valence-corrected chi connectivity index (χ4v) is 2.99. The van der Waals surface area contributed by atoms with Gasteiger partial charge in [-0.15, -0.1) is 0 Å². The number of esters is 1. The Hall–Kier alpha value is -2.15. The monoisotopic (exact) mass is 308 g/mol. The van der Waals surface area contributed by atoms with Crippen molar-refractivity contribution in [3.63, 3.8) is 0 Å². The molecule has 0 aliphatic carbocycles. The summed E-state index contributed by atoms with van der Waals surface area (Å²) < 4.78 is 10.1. The molecular weight excluding hydrogens is 288 g/mol. The number of nitro groups is 1. The average Bonchev–Trinajstić information content (AvgIpc) is 2.83. The summed E-state index contributed by atoms with van der Waals surface area (Å²) in [4.78, 5) is 24.4. The van der Waals surface area contributed by atoms with Gasteiger partial charge < -0.3 is 9.47 Å². The second-order valence-electron chi connectivity index (χ2n) is 5.66. The van der Waals surface area contributed by atoms with Crippen LogP contribution in [0.15, 0.2) is 24.3 Å². The van der Waals surface area contributed by atoms with E-state index in [-0.39, 0.29) is 24.0 Å². The molecule has 0 saturated carbocycles. The molecule has 120 valence electrons. The second-order valence-corrected chi connectivity index (χ2v) is 5.66. The zero-order valence-corrected chi connectivity index (χ0v) is 12.9. The molecule has 0 amide bonds. The molecule has 0 N–H and O–H groups in total. The first-order chi connectivity index (χ1) is 10.4. The van der Waals surface area contributed by atoms with Gasteiger partial charge in [0.2, 0.25) is 0 Å². The third kappa shape index (κ3) is 3.04. The number of rotatable bonds is 5. The normalized spacial score (nSPS) is 25.0. The first-order valence-electron chi connectivity index (χ1n) is 6.99. The lowest BCUT2D eigenvalue weighted by Gasteiger charge is -2.26. The fraction of sp³-hybridized carbons (Fsp3) is 0.533. The molecular formula is C15H20N2O5. The van der Waals surface area contributed by atoms with Gasteiger partial charge in [-0.3, -0.25) is 19.8 Å². The summed E-state index contributed by atoms with van der Waals surface area (Å²) in [5.74, 6) is -0.163. The van der Waals surface area contributed by atoms with Crippen molar-refractivity contribution in [2.24, 2.45) is 0 Å². The second kappa shape index (κ2) is 6.31. The highest BCUT2D eigenvalue weighted by Crippen LogP contribution is 2.38. The number of nitrogens with zero attached hydrogens (tertiary/aromatic N) is 2. The van der Waals surface area contributed by atoms with E-state index in [0.717, 1.165) is 5.56 Å². The molecule has 0 unspecified atom stereocenters. The number of hydrogen-bond acceptors (Lipinski definition) is 6. The van der Waals surface area contributed by atoms with Crippen molar-refractivity contribution < 1.29 is 19.2 Å². The van der Waals surface area contributed by atoms with Crippen LogP contribution in [-0.4, -0.2) is 55.2 Å². The van der Waals surface area contributed by atoms with Crippen LogP contribution < -0.4 is 4.74 Å². The third-order valence-corrected chi connectivity index (χ3v) is 4.09. The van der Waals surface area contributed by atoms with Gasteiger partial charge in [0.1, 0.15) is 5.75 Å². The van der Waals surface area contributed by atoms with E-state index in [4.69, 9.17) is 9.47 Å². The molecule has 1 aromatic carbocycles. The molecule has 0 aromatic heterocycles. The van der Waals surface area contributed by atoms with Gasteiger partial charge in [0.25, 0.3) is 5.54 Å². The Balaban J connectivity index is 2.35. The molecule has 1 aliphatic heterocycles. The molecule has 22 heavy (non-hydrogen) atoms. The highest BCUT2D eigenvalue weighted by atomic mass is 16.6. The van der Waals surface area contributed by atoms with Crippen LogP contribution in [0.3, 0.4) is 0 Å². The maximum Gasteiger partial charge on any atom is 0.302 e. The molecule has 7 nitrogen and oxygen atoms in total. The molecule has 2 rings (SSSR count). The molecule has 1 aliphatic rings. The molecule has 0 bridgehead atoms. The Bertz CT molecular complexity index is 560. The van der Waals surface area contributed by atoms with Gasteiger partial charge in [0.05, 0.1) is 19.6 Å². The van der Waals surface area contributed by atoms with Gasteiger partial charge in [-0.1, -0.05) is 12.1 Å². The Morgan fingerprint density at radius 2 is 2.09 bits per heavy atom. The smallest absolute Gasteiger partial charge is 0.302 e. The van der Waals surface area contributed by atoms with Crippen molar-refractivity contribution in [3.8, 4) is 5.75 Å². The van der Waals surface area contributed by atoms with Crippen molar-refractivity contribution in [2.45, 2.75) is 18.4 Å². The predicted octanol–water partition coefficient (Wildman–Crippen LogP) is 1.30. The zero-order valence-electron chi connectivity index (χ0n) is 12.9. The number of carbonyl (C=O) groups excluding carboxylic acids is 1. The van der Waals surface area contributed by atoms with E-state index in [9.17, 15) is 14.9 Å². The highest BCUT2D eigenvalue weighted by molar-refractivity contribution is 5.66. The first-order valence-corrected chi connectivity index (χ1v) is 6.99. The summed E-state index contributed by atoms with van der Waals surface area (Å²) >= 11 is 0. The number of methoxy groups -OCH3 is 1. The first kappa shape index (κ1) is 16.2. The summed E-state index contributed by atoms with van der Waals surface area (Å²) in [7, 11) is 3.40. The average molecular weight is 308 g/mol. The fourth-order valence-electron chi connectivity index (χ4n) is 2.99. The minimum absolute atomic E-state index is 0.226. The van der Waals surface area contributed by atoms with E-state index in [1.54, 1.807) is 19.2 Å². The van der Waals surface area contributed by atoms with Gasteiger partial charge >= 0.3 is 5.97 Å². The van der Waals surface area contributed by atoms with E-state index in [0.29, 0.717) is 12.3 Å². The van der Waals surface area contributed by atoms with Crippen LogP contribution in [0.25, 0.3) is 0 Å². The summed E-state index contributed by atoms with van der Waals surface area (Å²) in [5, 5.41) is 11.8. The van der Waals surface area contributed by atoms with Crippen molar-refractivity contribution in [3.05, 3.63) is 39.9 Å². The Morgan fingerprint density at radius 3 is 2.59 bits per heavy atom. The Morgan fingerprint density at radius 1 is 1.45 bits per heavy atom. The maximum absolute atomic E-state index is 11.8. The number of benzene rings is 1. The zero-order chi connectivity index (χ0) is 16.3. The van der Waals surface area contributed by atoms with Crippen LogP contribution in [0, 0.1) is 10.1 Å². The Labute approximate surface area is 129 Å². The molecule has 0 radical (unpaired) electrons. The van der Waals surface area contributed by atoms with E-state index in [2.05, 4.69) is 0 Å². The van der Waals surface area contributed by atoms with Crippen molar-refractivity contribution in [1.82, 2.24) is 4.90 Å². The van der Waals surface area contributed by atoms with E-state index < -0.39 is 11.5 Å². The quantitative estimate of drug-likeness (QED) is 0.463. The van der Waals surface area contributed by atoms with E-state index >= 15 is 0 Å². The molecule has 7 heteroatoms. The van der Waals surface area contributed by atoms with Crippen molar-refractivity contribution in [2.75, 3.05) is 33.9 Å². The van der Waals surface area contributed by atoms with Crippen LogP contribution in [0.5, 0.6) is 5.75 Å². The molecule has 1 heterocycles. The molecule has 1 saturated heterocycles. The minimum Gasteiger partial charge on any atom is -0.497 e. The van der Waals surface area contributed by atoms with Gasteiger partial charge in [0.15, 0.2) is 6.61 Å². The summed E-state index contributed by atoms with van der Waals surface area (Å²) in [6, 6.07) is 7.22. The Kier molecular flexibility index (Phi) is 4.65. The van der Waals surface area contributed by atoms with Crippen molar-refractivity contribution in [1.29, 1.82) is 0 Å². The van der Waals surface area contributed by atoms with Gasteiger partial charge in [-0.25, -0.2) is 0 Å². The van der Waals surface area contributed by atoms with Crippen LogP contribution in [-0.2, 0) is 9.53 Å². The lowest BCUT2D eigenvalue weighted by Crippen LogP contribution is -2.49. The summed E-state index contributed by atoms with van der Waals surface area (Å²) in [6.45, 7) is 1.81. The lowest BCUT2D eigenvalue weighted by atomic mass is 9.83. The SMILES string of the molecule is COc1ccc([C@H]2CN(C)C[C@]2(COC(C)=O)[N+](=O)[O-])cc1. The number of hydrogen-bond donors (Lipinski definition) is 0. The number of likely N-dealkylation sites (N-methyl/N-ethyl adjacent to an activating group) is 1. The number of likely N-dealkylation sites (tertiary alicyclic amines) is 1. The topological polar surface area (TPSA) is 81.9 Å². The third-order valence-electron chi connectivity index (χ3n) is 4.09. The van der Waals surface area contributed by atoms with Crippen LogP contribution >= 0.6 is 0 Å². The van der Waals surface area contributed by atoms with Crippen LogP contribution in [0.4, 0.5) is 0 Å². The van der Waals surface area contributed by atoms with Gasteiger partial charge in [-0.05, 0) is 24.7 Å². The summed E-state index contributed by atoms with van der Waals surface area (Å²) in [5.41, 5.74) is -0.483. The molecule has 1 fully saturated rings. The molecule has 2 atom stereocenters. The van der Waals surface area contributed by atoms with E-state index in [1.807, 2.05) is 24.1 Å². The molecule has 0 spiro atoms. The largest absolute Gasteiger partial charge is 0.497 e. The minimum atomic E-state index is -1.32. The predicted molar refractivity (Wildman–Crippen MR) is 79.6 cm³/mol. The maximum atomic E-state index is 11.8. The number of carbonyl (C=O) groups is 1. The summed E-state index contributed by atoms with van der Waals surface area (Å²) in [6.07, 6.45) is 0. The van der Waals surface area contributed by atoms with Gasteiger partial charge in [-0.2, -0.15) is 0 Å². The lowest BCUT2D eigenvalue weighted by molar-refractivity contribution is -0.572. The molecule has 1 aromatic rings. The van der Waals surface area contributed by atoms with Crippen molar-refractivity contribution >= 4 is 5.97 Å². The van der Waals surface area contributed by atoms with Crippen LogP contribution in [0.1, 0.15) is 18.4 Å². The highest BCUT2D eigenvalue weighted by Gasteiger charge is 2.57. The standard InChI is InChI=1S/C15H20N2O5/c1-11(18)22-10-15(17(19)20)9-16(2)8-14(15)12-4-6-13(21-3)7-5-12/h4-7,14H,8-10H2,1-3H3/t14-,15-/m1/s1. The number of ether oxygens (including phenoxy) is 2.